The molecule has 1 saturated heterocycles. The second kappa shape index (κ2) is 6.99. The molecule has 1 fully saturated rings. The van der Waals surface area contributed by atoms with Crippen molar-refractivity contribution in [1.29, 1.82) is 0 Å². The smallest absolute Gasteiger partial charge is 0.136 e. The number of benzene rings is 1. The van der Waals surface area contributed by atoms with Gasteiger partial charge in [0.15, 0.2) is 0 Å². The van der Waals surface area contributed by atoms with Gasteiger partial charge in [0, 0.05) is 30.3 Å². The molecule has 0 aromatic heterocycles. The van der Waals surface area contributed by atoms with E-state index in [-0.39, 0.29) is 5.82 Å². The first kappa shape index (κ1) is 12.9. The lowest BCUT2D eigenvalue weighted by molar-refractivity contribution is 0.110. The van der Waals surface area contributed by atoms with Crippen molar-refractivity contribution < 1.29 is 9.13 Å². The van der Waals surface area contributed by atoms with E-state index in [1.807, 2.05) is 12.1 Å². The summed E-state index contributed by atoms with van der Waals surface area (Å²) in [5.41, 5.74) is 0. The van der Waals surface area contributed by atoms with Crippen LogP contribution in [-0.4, -0.2) is 31.6 Å². The average Bonchev–Trinajstić information content (AvgIpc) is 2.84. The van der Waals surface area contributed by atoms with E-state index in [1.54, 1.807) is 17.8 Å². The number of halogens is 1. The van der Waals surface area contributed by atoms with Crippen LogP contribution < -0.4 is 5.32 Å². The number of rotatable bonds is 6. The Morgan fingerprint density at radius 2 is 2.29 bits per heavy atom. The van der Waals surface area contributed by atoms with E-state index >= 15 is 0 Å². The quantitative estimate of drug-likeness (QED) is 0.624. The van der Waals surface area contributed by atoms with E-state index in [2.05, 4.69) is 5.32 Å². The van der Waals surface area contributed by atoms with Crippen LogP contribution in [0, 0.1) is 5.82 Å². The minimum Gasteiger partial charge on any atom is -0.377 e. The molecule has 0 radical (unpaired) electrons. The van der Waals surface area contributed by atoms with Gasteiger partial charge in [-0.25, -0.2) is 4.39 Å². The van der Waals surface area contributed by atoms with Crippen molar-refractivity contribution in [2.75, 3.05) is 25.4 Å². The maximum atomic E-state index is 13.3. The van der Waals surface area contributed by atoms with Crippen molar-refractivity contribution in [3.63, 3.8) is 0 Å². The Hall–Kier alpha value is -0.580. The van der Waals surface area contributed by atoms with E-state index in [1.165, 1.54) is 12.5 Å². The molecule has 1 aliphatic heterocycles. The van der Waals surface area contributed by atoms with Gasteiger partial charge in [0.1, 0.15) is 5.82 Å². The lowest BCUT2D eigenvalue weighted by Crippen LogP contribution is -2.27. The highest BCUT2D eigenvalue weighted by Gasteiger charge is 2.14. The molecule has 1 N–H and O–H groups in total. The fraction of sp³-hybridized carbons (Fsp3) is 0.538. The van der Waals surface area contributed by atoms with E-state index in [4.69, 9.17) is 4.74 Å². The topological polar surface area (TPSA) is 21.3 Å². The molecular weight excluding hydrogens is 237 g/mol. The van der Waals surface area contributed by atoms with Crippen molar-refractivity contribution in [3.8, 4) is 0 Å². The lowest BCUT2D eigenvalue weighted by Gasteiger charge is -2.10. The molecule has 0 aliphatic carbocycles. The second-order valence-electron chi connectivity index (χ2n) is 4.12. The highest BCUT2D eigenvalue weighted by Crippen LogP contribution is 2.20. The monoisotopic (exact) mass is 255 g/mol. The Bertz CT molecular complexity index is 342. The van der Waals surface area contributed by atoms with Crippen molar-refractivity contribution in [2.45, 2.75) is 23.8 Å². The molecule has 4 heteroatoms. The zero-order valence-corrected chi connectivity index (χ0v) is 10.6. The predicted molar refractivity (Wildman–Crippen MR) is 69.0 cm³/mol. The number of nitrogens with one attached hydrogen (secondary N) is 1. The van der Waals surface area contributed by atoms with E-state index in [9.17, 15) is 4.39 Å². The summed E-state index contributed by atoms with van der Waals surface area (Å²) in [6.45, 7) is 2.70. The third-order valence-corrected chi connectivity index (χ3v) is 3.82. The minimum atomic E-state index is -0.128. The first-order chi connectivity index (χ1) is 8.36. The minimum absolute atomic E-state index is 0.128. The lowest BCUT2D eigenvalue weighted by atomic mass is 10.2. The van der Waals surface area contributed by atoms with Gasteiger partial charge >= 0.3 is 0 Å². The van der Waals surface area contributed by atoms with Gasteiger partial charge in [0.05, 0.1) is 6.10 Å². The van der Waals surface area contributed by atoms with Crippen molar-refractivity contribution >= 4 is 11.8 Å². The summed E-state index contributed by atoms with van der Waals surface area (Å²) in [4.78, 5) is 0.728. The SMILES string of the molecule is Fc1ccccc1SCCNCC1CCCO1. The third kappa shape index (κ3) is 4.30. The van der Waals surface area contributed by atoms with Gasteiger partial charge < -0.3 is 10.1 Å². The Kier molecular flexibility index (Phi) is 5.29. The Morgan fingerprint density at radius 3 is 3.06 bits per heavy atom. The number of thioether (sulfide) groups is 1. The summed E-state index contributed by atoms with van der Waals surface area (Å²) in [6, 6.07) is 6.91. The van der Waals surface area contributed by atoms with Crippen molar-refractivity contribution in [2.24, 2.45) is 0 Å². The van der Waals surface area contributed by atoms with Gasteiger partial charge in [-0.1, -0.05) is 12.1 Å². The molecule has 0 spiro atoms. The maximum absolute atomic E-state index is 13.3. The summed E-state index contributed by atoms with van der Waals surface area (Å²) in [5, 5.41) is 3.35. The zero-order valence-electron chi connectivity index (χ0n) is 9.82. The van der Waals surface area contributed by atoms with Crippen LogP contribution in [0.1, 0.15) is 12.8 Å². The third-order valence-electron chi connectivity index (χ3n) is 2.77. The maximum Gasteiger partial charge on any atom is 0.136 e. The Labute approximate surface area is 106 Å². The molecule has 94 valence electrons. The summed E-state index contributed by atoms with van der Waals surface area (Å²) >= 11 is 1.55. The van der Waals surface area contributed by atoms with E-state index in [0.717, 1.165) is 36.8 Å². The molecule has 1 unspecified atom stereocenters. The van der Waals surface area contributed by atoms with Crippen LogP contribution in [-0.2, 0) is 4.74 Å². The van der Waals surface area contributed by atoms with Gasteiger partial charge in [0.25, 0.3) is 0 Å². The molecular formula is C13H18FNOS. The summed E-state index contributed by atoms with van der Waals surface area (Å²) in [6.07, 6.45) is 2.72. The summed E-state index contributed by atoms with van der Waals surface area (Å²) < 4.78 is 18.8. The molecule has 1 aliphatic rings. The Morgan fingerprint density at radius 1 is 1.41 bits per heavy atom. The fourth-order valence-corrected chi connectivity index (χ4v) is 2.71. The molecule has 0 bridgehead atoms. The van der Waals surface area contributed by atoms with E-state index < -0.39 is 0 Å². The molecule has 1 atom stereocenters. The second-order valence-corrected chi connectivity index (χ2v) is 5.25. The number of hydrogen-bond donors (Lipinski definition) is 1. The van der Waals surface area contributed by atoms with Gasteiger partial charge in [-0.15, -0.1) is 11.8 Å². The van der Waals surface area contributed by atoms with Gasteiger partial charge in [0.2, 0.25) is 0 Å². The Balaban J connectivity index is 1.58. The predicted octanol–water partition coefficient (Wildman–Crippen LogP) is 2.69. The van der Waals surface area contributed by atoms with Crippen molar-refractivity contribution in [1.82, 2.24) is 5.32 Å². The van der Waals surface area contributed by atoms with Gasteiger partial charge in [-0.05, 0) is 25.0 Å². The van der Waals surface area contributed by atoms with Crippen LogP contribution in [0.2, 0.25) is 0 Å². The van der Waals surface area contributed by atoms with Gasteiger partial charge in [-0.3, -0.25) is 0 Å². The molecule has 1 aromatic carbocycles. The largest absolute Gasteiger partial charge is 0.377 e. The molecule has 1 aromatic rings. The number of ether oxygens (including phenoxy) is 1. The first-order valence-electron chi connectivity index (χ1n) is 6.06. The highest BCUT2D eigenvalue weighted by molar-refractivity contribution is 7.99. The van der Waals surface area contributed by atoms with E-state index in [0.29, 0.717) is 6.10 Å². The zero-order chi connectivity index (χ0) is 11.9. The molecule has 2 rings (SSSR count). The van der Waals surface area contributed by atoms with Crippen LogP contribution in [0.3, 0.4) is 0 Å². The fourth-order valence-electron chi connectivity index (χ4n) is 1.86. The summed E-state index contributed by atoms with van der Waals surface area (Å²) in [5.74, 6) is 0.754. The first-order valence-corrected chi connectivity index (χ1v) is 7.04. The molecule has 2 nitrogen and oxygen atoms in total. The standard InChI is InChI=1S/C13H18FNOS/c14-12-5-1-2-6-13(12)17-9-7-15-10-11-4-3-8-16-11/h1-2,5-6,11,15H,3-4,7-10H2. The molecule has 1 heterocycles. The highest BCUT2D eigenvalue weighted by atomic mass is 32.2. The molecule has 17 heavy (non-hydrogen) atoms. The van der Waals surface area contributed by atoms with Crippen molar-refractivity contribution in [3.05, 3.63) is 30.1 Å². The van der Waals surface area contributed by atoms with Crippen LogP contribution in [0.5, 0.6) is 0 Å². The molecule has 0 saturated carbocycles. The normalized spacial score (nSPS) is 19.7. The number of hydrogen-bond acceptors (Lipinski definition) is 3. The van der Waals surface area contributed by atoms with Crippen LogP contribution >= 0.6 is 11.8 Å². The van der Waals surface area contributed by atoms with Gasteiger partial charge in [-0.2, -0.15) is 0 Å². The van der Waals surface area contributed by atoms with Crippen LogP contribution in [0.15, 0.2) is 29.2 Å². The molecule has 0 amide bonds. The van der Waals surface area contributed by atoms with Crippen LogP contribution in [0.4, 0.5) is 4.39 Å². The van der Waals surface area contributed by atoms with Crippen LogP contribution in [0.25, 0.3) is 0 Å². The summed E-state index contributed by atoms with van der Waals surface area (Å²) in [7, 11) is 0. The average molecular weight is 255 g/mol.